The van der Waals surface area contributed by atoms with Crippen LogP contribution in [0.5, 0.6) is 5.75 Å². The minimum atomic E-state index is -0.345. The van der Waals surface area contributed by atoms with Crippen LogP contribution in [0.3, 0.4) is 0 Å². The molecule has 0 spiro atoms. The van der Waals surface area contributed by atoms with Gasteiger partial charge in [-0.3, -0.25) is 4.99 Å². The minimum absolute atomic E-state index is 0.00561. The lowest BCUT2D eigenvalue weighted by molar-refractivity contribution is 0.468. The van der Waals surface area contributed by atoms with Gasteiger partial charge < -0.3 is 5.11 Å². The molecule has 1 aliphatic carbocycles. The molecule has 0 radical (unpaired) electrons. The van der Waals surface area contributed by atoms with Gasteiger partial charge in [-0.05, 0) is 30.9 Å². The quantitative estimate of drug-likeness (QED) is 0.782. The molecular weight excluding hydrogens is 205 g/mol. The van der Waals surface area contributed by atoms with Crippen LogP contribution >= 0.6 is 0 Å². The maximum Gasteiger partial charge on any atom is 0.136 e. The normalized spacial score (nSPS) is 16.8. The Morgan fingerprint density at radius 1 is 1.38 bits per heavy atom. The average molecular weight is 221 g/mol. The number of benzene rings is 1. The van der Waals surface area contributed by atoms with Crippen LogP contribution in [-0.4, -0.2) is 17.4 Å². The van der Waals surface area contributed by atoms with Crippen LogP contribution in [0.25, 0.3) is 0 Å². The molecule has 0 atom stereocenters. The number of aryl methyl sites for hydroxylation is 1. The van der Waals surface area contributed by atoms with E-state index in [-0.39, 0.29) is 11.6 Å². The lowest BCUT2D eigenvalue weighted by Gasteiger charge is -2.03. The molecule has 16 heavy (non-hydrogen) atoms. The highest BCUT2D eigenvalue weighted by Gasteiger charge is 2.22. The number of halogens is 1. The third kappa shape index (κ3) is 2.08. The van der Waals surface area contributed by atoms with Gasteiger partial charge in [-0.25, -0.2) is 4.39 Å². The van der Waals surface area contributed by atoms with Gasteiger partial charge in [-0.1, -0.05) is 13.3 Å². The highest BCUT2D eigenvalue weighted by molar-refractivity contribution is 6.04. The number of aromatic hydroxyl groups is 1. The van der Waals surface area contributed by atoms with Crippen LogP contribution in [0.4, 0.5) is 4.39 Å². The molecule has 1 aromatic rings. The number of nitrogens with zero attached hydrogens (tertiary/aromatic N) is 1. The summed E-state index contributed by atoms with van der Waals surface area (Å²) >= 11 is 0. The lowest BCUT2D eigenvalue weighted by atomic mass is 10.1. The summed E-state index contributed by atoms with van der Waals surface area (Å²) in [6, 6.07) is 2.81. The molecule has 0 aromatic heterocycles. The van der Waals surface area contributed by atoms with Gasteiger partial charge in [0.25, 0.3) is 0 Å². The molecule has 0 saturated heterocycles. The molecule has 0 aliphatic heterocycles. The third-order valence-electron chi connectivity index (χ3n) is 2.89. The predicted octanol–water partition coefficient (Wildman–Crippen LogP) is 3.07. The molecule has 2 nitrogen and oxygen atoms in total. The second-order valence-electron chi connectivity index (χ2n) is 4.14. The van der Waals surface area contributed by atoms with Crippen LogP contribution in [0.2, 0.25) is 0 Å². The molecule has 1 N–H and O–H groups in total. The van der Waals surface area contributed by atoms with Gasteiger partial charge in [0.05, 0.1) is 0 Å². The summed E-state index contributed by atoms with van der Waals surface area (Å²) in [7, 11) is 0. The Morgan fingerprint density at radius 3 is 2.94 bits per heavy atom. The zero-order valence-corrected chi connectivity index (χ0v) is 9.46. The first-order valence-corrected chi connectivity index (χ1v) is 5.77. The fraction of sp³-hybridized carbons (Fsp3) is 0.462. The van der Waals surface area contributed by atoms with Crippen molar-refractivity contribution in [3.8, 4) is 5.75 Å². The van der Waals surface area contributed by atoms with Crippen LogP contribution in [0.1, 0.15) is 37.3 Å². The third-order valence-corrected chi connectivity index (χ3v) is 2.89. The molecule has 3 heteroatoms. The van der Waals surface area contributed by atoms with Crippen LogP contribution < -0.4 is 0 Å². The standard InChI is InChI=1S/C13H16FNO/c1-2-3-6-15-12-5-4-9-7-10(16)8-11(14)13(9)12/h7-8,16H,2-6H2,1H3. The maximum absolute atomic E-state index is 13.7. The summed E-state index contributed by atoms with van der Waals surface area (Å²) in [4.78, 5) is 4.44. The van der Waals surface area contributed by atoms with Crippen molar-refractivity contribution < 1.29 is 9.50 Å². The Balaban J connectivity index is 2.29. The summed E-state index contributed by atoms with van der Waals surface area (Å²) in [5.41, 5.74) is 2.36. The lowest BCUT2D eigenvalue weighted by Crippen LogP contribution is -2.00. The summed E-state index contributed by atoms with van der Waals surface area (Å²) in [5.74, 6) is -0.339. The van der Waals surface area contributed by atoms with E-state index in [0.29, 0.717) is 5.56 Å². The van der Waals surface area contributed by atoms with E-state index in [4.69, 9.17) is 0 Å². The van der Waals surface area contributed by atoms with Crippen molar-refractivity contribution in [3.05, 3.63) is 29.1 Å². The van der Waals surface area contributed by atoms with E-state index in [1.165, 1.54) is 6.07 Å². The van der Waals surface area contributed by atoms with Crippen LogP contribution in [-0.2, 0) is 6.42 Å². The molecule has 86 valence electrons. The van der Waals surface area contributed by atoms with Crippen molar-refractivity contribution in [3.63, 3.8) is 0 Å². The fourth-order valence-corrected chi connectivity index (χ4v) is 2.08. The topological polar surface area (TPSA) is 32.6 Å². The number of aliphatic imine (C=N–C) groups is 1. The maximum atomic E-state index is 13.7. The second kappa shape index (κ2) is 4.64. The number of phenols is 1. The Bertz CT molecular complexity index is 426. The number of rotatable bonds is 3. The molecule has 0 amide bonds. The molecule has 0 unspecified atom stereocenters. The molecule has 2 rings (SSSR count). The molecule has 1 aliphatic rings. The smallest absolute Gasteiger partial charge is 0.136 e. The molecule has 0 heterocycles. The van der Waals surface area contributed by atoms with Crippen molar-refractivity contribution in [2.24, 2.45) is 4.99 Å². The van der Waals surface area contributed by atoms with Crippen molar-refractivity contribution in [1.82, 2.24) is 0 Å². The molecule has 0 bridgehead atoms. The van der Waals surface area contributed by atoms with E-state index in [1.807, 2.05) is 0 Å². The summed E-state index contributed by atoms with van der Waals surface area (Å²) in [6.07, 6.45) is 3.71. The Kier molecular flexibility index (Phi) is 3.22. The molecule has 0 fully saturated rings. The Morgan fingerprint density at radius 2 is 2.19 bits per heavy atom. The Hall–Kier alpha value is -1.38. The van der Waals surface area contributed by atoms with Gasteiger partial charge in [-0.15, -0.1) is 0 Å². The zero-order chi connectivity index (χ0) is 11.5. The van der Waals surface area contributed by atoms with Crippen LogP contribution in [0, 0.1) is 5.82 Å². The van der Waals surface area contributed by atoms with Gasteiger partial charge in [0, 0.05) is 23.9 Å². The average Bonchev–Trinajstić information content (AvgIpc) is 2.62. The van der Waals surface area contributed by atoms with E-state index in [9.17, 15) is 9.50 Å². The molecule has 1 aromatic carbocycles. The number of hydrogen-bond acceptors (Lipinski definition) is 2. The Labute approximate surface area is 94.8 Å². The summed E-state index contributed by atoms with van der Waals surface area (Å²) in [5, 5.41) is 9.30. The van der Waals surface area contributed by atoms with Crippen molar-refractivity contribution in [2.75, 3.05) is 6.54 Å². The molecule has 0 saturated carbocycles. The van der Waals surface area contributed by atoms with Crippen molar-refractivity contribution in [1.29, 1.82) is 0 Å². The van der Waals surface area contributed by atoms with E-state index in [0.717, 1.165) is 43.5 Å². The number of phenolic OH excluding ortho intramolecular Hbond substituents is 1. The predicted molar refractivity (Wildman–Crippen MR) is 62.7 cm³/mol. The highest BCUT2D eigenvalue weighted by Crippen LogP contribution is 2.29. The largest absolute Gasteiger partial charge is 0.508 e. The number of hydrogen-bond donors (Lipinski definition) is 1. The SMILES string of the molecule is CCCCN=C1CCc2cc(O)cc(F)c21. The van der Waals surface area contributed by atoms with Crippen LogP contribution in [0.15, 0.2) is 17.1 Å². The van der Waals surface area contributed by atoms with E-state index in [2.05, 4.69) is 11.9 Å². The van der Waals surface area contributed by atoms with Gasteiger partial charge >= 0.3 is 0 Å². The van der Waals surface area contributed by atoms with E-state index >= 15 is 0 Å². The first-order valence-electron chi connectivity index (χ1n) is 5.77. The van der Waals surface area contributed by atoms with Crippen molar-refractivity contribution >= 4 is 5.71 Å². The summed E-state index contributed by atoms with van der Waals surface area (Å²) in [6.45, 7) is 2.88. The number of unbranched alkanes of at least 4 members (excludes halogenated alkanes) is 1. The van der Waals surface area contributed by atoms with Gasteiger partial charge in [0.1, 0.15) is 11.6 Å². The first-order chi connectivity index (χ1) is 7.72. The zero-order valence-electron chi connectivity index (χ0n) is 9.46. The number of fused-ring (bicyclic) bond motifs is 1. The first kappa shape index (κ1) is 11.1. The fourth-order valence-electron chi connectivity index (χ4n) is 2.08. The minimum Gasteiger partial charge on any atom is -0.508 e. The summed E-state index contributed by atoms with van der Waals surface area (Å²) < 4.78 is 13.7. The highest BCUT2D eigenvalue weighted by atomic mass is 19.1. The van der Waals surface area contributed by atoms with E-state index in [1.54, 1.807) is 6.07 Å². The monoisotopic (exact) mass is 221 g/mol. The van der Waals surface area contributed by atoms with Gasteiger partial charge in [0.2, 0.25) is 0 Å². The van der Waals surface area contributed by atoms with Crippen molar-refractivity contribution in [2.45, 2.75) is 32.6 Å². The van der Waals surface area contributed by atoms with Gasteiger partial charge in [0.15, 0.2) is 0 Å². The van der Waals surface area contributed by atoms with Gasteiger partial charge in [-0.2, -0.15) is 0 Å². The second-order valence-corrected chi connectivity index (χ2v) is 4.14. The molecular formula is C13H16FNO. The van der Waals surface area contributed by atoms with E-state index < -0.39 is 0 Å².